The molecule has 0 saturated heterocycles. The Labute approximate surface area is 106 Å². The number of hydrogen-bond acceptors (Lipinski definition) is 4. The number of benzene rings is 1. The van der Waals surface area contributed by atoms with E-state index in [1.807, 2.05) is 0 Å². The predicted molar refractivity (Wildman–Crippen MR) is 67.1 cm³/mol. The fourth-order valence-electron chi connectivity index (χ4n) is 1.37. The summed E-state index contributed by atoms with van der Waals surface area (Å²) < 4.78 is 10.1. The topological polar surface area (TPSA) is 52.6 Å². The lowest BCUT2D eigenvalue weighted by Crippen LogP contribution is -2.08. The second-order valence-electron chi connectivity index (χ2n) is 3.66. The molecule has 0 aliphatic heterocycles. The zero-order chi connectivity index (χ0) is 13.5. The first-order valence-corrected chi connectivity index (χ1v) is 5.67. The molecule has 0 unspecified atom stereocenters. The minimum absolute atomic E-state index is 0.288. The largest absolute Gasteiger partial charge is 0.453 e. The first kappa shape index (κ1) is 14.0. The third-order valence-electron chi connectivity index (χ3n) is 2.23. The Balaban J connectivity index is 2.78. The summed E-state index contributed by atoms with van der Waals surface area (Å²) in [6, 6.07) is 6.75. The van der Waals surface area contributed by atoms with Gasteiger partial charge >= 0.3 is 11.9 Å². The first-order valence-electron chi connectivity index (χ1n) is 5.67. The van der Waals surface area contributed by atoms with Crippen molar-refractivity contribution >= 4 is 11.9 Å². The van der Waals surface area contributed by atoms with Gasteiger partial charge in [0, 0.05) is 13.3 Å². The van der Waals surface area contributed by atoms with Gasteiger partial charge in [0.15, 0.2) is 0 Å². The zero-order valence-corrected chi connectivity index (χ0v) is 10.5. The maximum absolute atomic E-state index is 11.2. The van der Waals surface area contributed by atoms with E-state index in [9.17, 15) is 9.59 Å². The molecular formula is C14H16O4. The molecule has 0 bridgehead atoms. The molecule has 0 aromatic heterocycles. The fourth-order valence-corrected chi connectivity index (χ4v) is 1.37. The molecule has 1 rings (SSSR count). The SMILES string of the molecule is C=C[C@H](OC(=O)CC)c1ccc(OC(C)=O)cc1. The van der Waals surface area contributed by atoms with Crippen LogP contribution in [0.25, 0.3) is 0 Å². The molecule has 0 radical (unpaired) electrons. The van der Waals surface area contributed by atoms with Crippen molar-refractivity contribution in [2.24, 2.45) is 0 Å². The van der Waals surface area contributed by atoms with Crippen LogP contribution in [0.15, 0.2) is 36.9 Å². The summed E-state index contributed by atoms with van der Waals surface area (Å²) in [5.74, 6) is -0.208. The molecule has 0 heterocycles. The van der Waals surface area contributed by atoms with Crippen molar-refractivity contribution in [3.05, 3.63) is 42.5 Å². The molecule has 0 N–H and O–H groups in total. The van der Waals surface area contributed by atoms with E-state index in [2.05, 4.69) is 6.58 Å². The van der Waals surface area contributed by atoms with Crippen LogP contribution in [0.4, 0.5) is 0 Å². The van der Waals surface area contributed by atoms with Crippen molar-refractivity contribution in [1.82, 2.24) is 0 Å². The summed E-state index contributed by atoms with van der Waals surface area (Å²) in [7, 11) is 0. The van der Waals surface area contributed by atoms with Gasteiger partial charge in [-0.15, -0.1) is 0 Å². The minimum atomic E-state index is -0.483. The summed E-state index contributed by atoms with van der Waals surface area (Å²) in [5.41, 5.74) is 0.780. The van der Waals surface area contributed by atoms with Gasteiger partial charge < -0.3 is 9.47 Å². The second-order valence-corrected chi connectivity index (χ2v) is 3.66. The summed E-state index contributed by atoms with van der Waals surface area (Å²) in [4.78, 5) is 22.0. The Bertz CT molecular complexity index is 434. The minimum Gasteiger partial charge on any atom is -0.453 e. The van der Waals surface area contributed by atoms with Gasteiger partial charge in [-0.3, -0.25) is 9.59 Å². The van der Waals surface area contributed by atoms with Crippen LogP contribution in [0.3, 0.4) is 0 Å². The van der Waals surface area contributed by atoms with Crippen LogP contribution in [0.2, 0.25) is 0 Å². The van der Waals surface area contributed by atoms with Gasteiger partial charge in [0.05, 0.1) is 0 Å². The molecule has 0 amide bonds. The summed E-state index contributed by atoms with van der Waals surface area (Å²) >= 11 is 0. The van der Waals surface area contributed by atoms with Gasteiger partial charge in [-0.25, -0.2) is 0 Å². The Morgan fingerprint density at radius 3 is 2.39 bits per heavy atom. The molecule has 1 atom stereocenters. The summed E-state index contributed by atoms with van der Waals surface area (Å²) in [6.45, 7) is 6.70. The molecule has 0 fully saturated rings. The van der Waals surface area contributed by atoms with Gasteiger partial charge in [-0.1, -0.05) is 25.6 Å². The van der Waals surface area contributed by atoms with Crippen LogP contribution in [0, 0.1) is 0 Å². The van der Waals surface area contributed by atoms with Crippen molar-refractivity contribution < 1.29 is 19.1 Å². The number of esters is 2. The number of ether oxygens (including phenoxy) is 2. The predicted octanol–water partition coefficient (Wildman–Crippen LogP) is 2.79. The number of carbonyl (C=O) groups is 2. The van der Waals surface area contributed by atoms with Crippen LogP contribution in [-0.4, -0.2) is 11.9 Å². The lowest BCUT2D eigenvalue weighted by atomic mass is 10.1. The average molecular weight is 248 g/mol. The lowest BCUT2D eigenvalue weighted by molar-refractivity contribution is -0.146. The normalized spacial score (nSPS) is 11.4. The Hall–Kier alpha value is -2.10. The number of rotatable bonds is 5. The number of carbonyl (C=O) groups excluding carboxylic acids is 2. The van der Waals surface area contributed by atoms with Gasteiger partial charge in [0.1, 0.15) is 11.9 Å². The molecule has 18 heavy (non-hydrogen) atoms. The fraction of sp³-hybridized carbons (Fsp3) is 0.286. The van der Waals surface area contributed by atoms with E-state index in [1.54, 1.807) is 37.3 Å². The maximum Gasteiger partial charge on any atom is 0.308 e. The van der Waals surface area contributed by atoms with Crippen molar-refractivity contribution in [2.75, 3.05) is 0 Å². The van der Waals surface area contributed by atoms with E-state index in [4.69, 9.17) is 9.47 Å². The average Bonchev–Trinajstić information content (AvgIpc) is 2.36. The van der Waals surface area contributed by atoms with E-state index in [0.29, 0.717) is 12.2 Å². The maximum atomic E-state index is 11.2. The standard InChI is InChI=1S/C14H16O4/c1-4-13(18-14(16)5-2)11-6-8-12(9-7-11)17-10(3)15/h4,6-9,13H,1,5H2,2-3H3/t13-/m0/s1. The lowest BCUT2D eigenvalue weighted by Gasteiger charge is -2.14. The third kappa shape index (κ3) is 4.05. The van der Waals surface area contributed by atoms with Crippen LogP contribution < -0.4 is 4.74 Å². The molecule has 4 heteroatoms. The first-order chi connectivity index (χ1) is 8.56. The Kier molecular flexibility index (Phi) is 5.11. The highest BCUT2D eigenvalue weighted by Gasteiger charge is 2.12. The third-order valence-corrected chi connectivity index (χ3v) is 2.23. The number of hydrogen-bond donors (Lipinski definition) is 0. The van der Waals surface area contributed by atoms with Crippen LogP contribution in [-0.2, 0) is 14.3 Å². The van der Waals surface area contributed by atoms with Gasteiger partial charge in [0.25, 0.3) is 0 Å². The van der Waals surface area contributed by atoms with E-state index in [0.717, 1.165) is 5.56 Å². The molecule has 0 spiro atoms. The molecule has 0 saturated carbocycles. The van der Waals surface area contributed by atoms with Crippen molar-refractivity contribution in [3.8, 4) is 5.75 Å². The van der Waals surface area contributed by atoms with Gasteiger partial charge in [-0.2, -0.15) is 0 Å². The molecule has 4 nitrogen and oxygen atoms in total. The monoisotopic (exact) mass is 248 g/mol. The van der Waals surface area contributed by atoms with Crippen molar-refractivity contribution in [3.63, 3.8) is 0 Å². The van der Waals surface area contributed by atoms with E-state index in [-0.39, 0.29) is 11.9 Å². The summed E-state index contributed by atoms with van der Waals surface area (Å²) in [6.07, 6.45) is 1.38. The molecule has 1 aromatic carbocycles. The van der Waals surface area contributed by atoms with E-state index < -0.39 is 6.10 Å². The van der Waals surface area contributed by atoms with Crippen molar-refractivity contribution in [2.45, 2.75) is 26.4 Å². The van der Waals surface area contributed by atoms with Crippen LogP contribution in [0.1, 0.15) is 31.9 Å². The van der Waals surface area contributed by atoms with Crippen molar-refractivity contribution in [1.29, 1.82) is 0 Å². The highest BCUT2D eigenvalue weighted by atomic mass is 16.5. The summed E-state index contributed by atoms with van der Waals surface area (Å²) in [5, 5.41) is 0. The highest BCUT2D eigenvalue weighted by Crippen LogP contribution is 2.22. The molecular weight excluding hydrogens is 232 g/mol. The quantitative estimate of drug-likeness (QED) is 0.457. The van der Waals surface area contributed by atoms with Crippen LogP contribution >= 0.6 is 0 Å². The Morgan fingerprint density at radius 1 is 1.33 bits per heavy atom. The van der Waals surface area contributed by atoms with Gasteiger partial charge in [0.2, 0.25) is 0 Å². The molecule has 0 aliphatic carbocycles. The highest BCUT2D eigenvalue weighted by molar-refractivity contribution is 5.70. The van der Waals surface area contributed by atoms with Gasteiger partial charge in [-0.05, 0) is 23.8 Å². The van der Waals surface area contributed by atoms with E-state index in [1.165, 1.54) is 6.92 Å². The zero-order valence-electron chi connectivity index (χ0n) is 10.5. The molecule has 1 aromatic rings. The second kappa shape index (κ2) is 6.59. The smallest absolute Gasteiger partial charge is 0.308 e. The molecule has 96 valence electrons. The molecule has 0 aliphatic rings. The Morgan fingerprint density at radius 2 is 1.94 bits per heavy atom. The van der Waals surface area contributed by atoms with Crippen LogP contribution in [0.5, 0.6) is 5.75 Å². The van der Waals surface area contributed by atoms with E-state index >= 15 is 0 Å².